The second kappa shape index (κ2) is 7.21. The van der Waals surface area contributed by atoms with E-state index >= 15 is 0 Å². The minimum atomic E-state index is -0.909. The van der Waals surface area contributed by atoms with E-state index in [1.54, 1.807) is 6.26 Å². The molecule has 2 aromatic rings. The van der Waals surface area contributed by atoms with Crippen molar-refractivity contribution in [2.75, 3.05) is 6.26 Å². The van der Waals surface area contributed by atoms with Gasteiger partial charge in [0.25, 0.3) is 0 Å². The zero-order valence-corrected chi connectivity index (χ0v) is 14.9. The molecule has 2 aromatic carbocycles. The van der Waals surface area contributed by atoms with Crippen LogP contribution < -0.4 is 5.32 Å². The molecule has 0 saturated heterocycles. The predicted molar refractivity (Wildman–Crippen MR) is 94.7 cm³/mol. The Morgan fingerprint density at radius 3 is 2.09 bits per heavy atom. The van der Waals surface area contributed by atoms with Gasteiger partial charge in [-0.15, -0.1) is 0 Å². The van der Waals surface area contributed by atoms with Crippen molar-refractivity contribution < 1.29 is 4.21 Å². The lowest BCUT2D eigenvalue weighted by atomic mass is 9.95. The molecule has 2 nitrogen and oxygen atoms in total. The SMILES string of the molecule is Cc1cc(C)c([C@@H](C)NCc2ccc([S@@](C)=O)cc2)c(C)c1. The summed E-state index contributed by atoms with van der Waals surface area (Å²) in [5.74, 6) is 0. The van der Waals surface area contributed by atoms with Crippen LogP contribution in [0.1, 0.15) is 40.8 Å². The highest BCUT2D eigenvalue weighted by Gasteiger charge is 2.11. The first-order valence-electron chi connectivity index (χ1n) is 7.62. The van der Waals surface area contributed by atoms with Gasteiger partial charge in [0.15, 0.2) is 0 Å². The third-order valence-electron chi connectivity index (χ3n) is 4.04. The topological polar surface area (TPSA) is 29.1 Å². The Hall–Kier alpha value is -1.45. The third-order valence-corrected chi connectivity index (χ3v) is 4.97. The number of rotatable bonds is 5. The van der Waals surface area contributed by atoms with E-state index in [9.17, 15) is 4.21 Å². The molecule has 0 spiro atoms. The summed E-state index contributed by atoms with van der Waals surface area (Å²) in [4.78, 5) is 0.877. The summed E-state index contributed by atoms with van der Waals surface area (Å²) >= 11 is 0. The van der Waals surface area contributed by atoms with Gasteiger partial charge in [-0.1, -0.05) is 29.8 Å². The van der Waals surface area contributed by atoms with E-state index in [1.807, 2.05) is 24.3 Å². The summed E-state index contributed by atoms with van der Waals surface area (Å²) < 4.78 is 11.4. The monoisotopic (exact) mass is 315 g/mol. The van der Waals surface area contributed by atoms with Gasteiger partial charge in [-0.2, -0.15) is 0 Å². The zero-order valence-electron chi connectivity index (χ0n) is 14.1. The summed E-state index contributed by atoms with van der Waals surface area (Å²) in [5, 5.41) is 3.59. The van der Waals surface area contributed by atoms with Crippen LogP contribution in [-0.2, 0) is 17.3 Å². The molecule has 0 aliphatic heterocycles. The Morgan fingerprint density at radius 1 is 1.05 bits per heavy atom. The summed E-state index contributed by atoms with van der Waals surface area (Å²) in [7, 11) is -0.909. The van der Waals surface area contributed by atoms with Gasteiger partial charge >= 0.3 is 0 Å². The van der Waals surface area contributed by atoms with Gasteiger partial charge in [-0.25, -0.2) is 0 Å². The van der Waals surface area contributed by atoms with Gasteiger partial charge < -0.3 is 5.32 Å². The number of aryl methyl sites for hydroxylation is 3. The molecule has 2 atom stereocenters. The van der Waals surface area contributed by atoms with E-state index in [0.29, 0.717) is 6.04 Å². The van der Waals surface area contributed by atoms with E-state index in [4.69, 9.17) is 0 Å². The molecular formula is C19H25NOS. The van der Waals surface area contributed by atoms with Crippen LogP contribution in [0.3, 0.4) is 0 Å². The normalized spacial score (nSPS) is 13.9. The smallest absolute Gasteiger partial charge is 0.0498 e. The van der Waals surface area contributed by atoms with Crippen LogP contribution in [0.25, 0.3) is 0 Å². The molecular weight excluding hydrogens is 290 g/mol. The van der Waals surface area contributed by atoms with E-state index in [1.165, 1.54) is 27.8 Å². The van der Waals surface area contributed by atoms with Crippen molar-refractivity contribution in [3.63, 3.8) is 0 Å². The molecule has 0 aliphatic carbocycles. The molecule has 0 aromatic heterocycles. The van der Waals surface area contributed by atoms with Crippen molar-refractivity contribution in [1.82, 2.24) is 5.32 Å². The van der Waals surface area contributed by atoms with Crippen LogP contribution in [0, 0.1) is 20.8 Å². The number of benzene rings is 2. The first kappa shape index (κ1) is 16.9. The second-order valence-electron chi connectivity index (χ2n) is 6.01. The summed E-state index contributed by atoms with van der Waals surface area (Å²) in [5.41, 5.74) is 6.60. The van der Waals surface area contributed by atoms with E-state index < -0.39 is 10.8 Å². The quantitative estimate of drug-likeness (QED) is 0.896. The average Bonchev–Trinajstić information content (AvgIpc) is 2.44. The standard InChI is InChI=1S/C19H25NOS/c1-13-10-14(2)19(15(3)11-13)16(4)20-12-17-6-8-18(9-7-17)22(5)21/h6-11,16,20H,12H2,1-5H3/t16-,22-/m1/s1. The second-order valence-corrected chi connectivity index (χ2v) is 7.39. The van der Waals surface area contributed by atoms with E-state index in [0.717, 1.165) is 11.4 Å². The Balaban J connectivity index is 2.07. The van der Waals surface area contributed by atoms with Gasteiger partial charge in [-0.05, 0) is 62.1 Å². The highest BCUT2D eigenvalue weighted by Crippen LogP contribution is 2.23. The van der Waals surface area contributed by atoms with Crippen molar-refractivity contribution >= 4 is 10.8 Å². The molecule has 0 unspecified atom stereocenters. The van der Waals surface area contributed by atoms with Crippen molar-refractivity contribution in [3.05, 3.63) is 64.2 Å². The largest absolute Gasteiger partial charge is 0.306 e. The maximum absolute atomic E-state index is 11.4. The molecule has 2 rings (SSSR count). The van der Waals surface area contributed by atoms with Crippen LogP contribution >= 0.6 is 0 Å². The molecule has 0 amide bonds. The lowest BCUT2D eigenvalue weighted by Crippen LogP contribution is -2.20. The first-order chi connectivity index (χ1) is 10.4. The highest BCUT2D eigenvalue weighted by atomic mass is 32.2. The number of hydrogen-bond acceptors (Lipinski definition) is 2. The molecule has 0 aliphatic rings. The van der Waals surface area contributed by atoms with Gasteiger partial charge in [0.05, 0.1) is 0 Å². The lowest BCUT2D eigenvalue weighted by Gasteiger charge is -2.20. The van der Waals surface area contributed by atoms with Crippen molar-refractivity contribution in [3.8, 4) is 0 Å². The fraction of sp³-hybridized carbons (Fsp3) is 0.368. The van der Waals surface area contributed by atoms with Crippen molar-refractivity contribution in [2.45, 2.75) is 45.2 Å². The fourth-order valence-electron chi connectivity index (χ4n) is 3.05. The summed E-state index contributed by atoms with van der Waals surface area (Å²) in [6, 6.07) is 12.8. The van der Waals surface area contributed by atoms with Crippen LogP contribution in [0.2, 0.25) is 0 Å². The predicted octanol–water partition coefficient (Wildman–Crippen LogP) is 4.20. The van der Waals surface area contributed by atoms with Crippen molar-refractivity contribution in [2.24, 2.45) is 0 Å². The molecule has 1 N–H and O–H groups in total. The fourth-order valence-corrected chi connectivity index (χ4v) is 3.57. The lowest BCUT2D eigenvalue weighted by molar-refractivity contribution is 0.569. The van der Waals surface area contributed by atoms with E-state index in [-0.39, 0.29) is 0 Å². The van der Waals surface area contributed by atoms with Gasteiger partial charge in [0.2, 0.25) is 0 Å². The van der Waals surface area contributed by atoms with Crippen LogP contribution in [0.5, 0.6) is 0 Å². The Kier molecular flexibility index (Phi) is 5.54. The van der Waals surface area contributed by atoms with Crippen LogP contribution in [-0.4, -0.2) is 10.5 Å². The first-order valence-corrected chi connectivity index (χ1v) is 9.17. The molecule has 0 bridgehead atoms. The third kappa shape index (κ3) is 4.05. The Labute approximate surface area is 136 Å². The molecule has 0 fully saturated rings. The average molecular weight is 315 g/mol. The maximum atomic E-state index is 11.4. The van der Waals surface area contributed by atoms with Gasteiger partial charge in [0, 0.05) is 34.5 Å². The highest BCUT2D eigenvalue weighted by molar-refractivity contribution is 7.84. The van der Waals surface area contributed by atoms with E-state index in [2.05, 4.69) is 45.1 Å². The maximum Gasteiger partial charge on any atom is 0.0498 e. The molecule has 0 heterocycles. The van der Waals surface area contributed by atoms with Crippen molar-refractivity contribution in [1.29, 1.82) is 0 Å². The molecule has 3 heteroatoms. The van der Waals surface area contributed by atoms with Gasteiger partial charge in [-0.3, -0.25) is 4.21 Å². The zero-order chi connectivity index (χ0) is 16.3. The minimum Gasteiger partial charge on any atom is -0.306 e. The number of nitrogens with one attached hydrogen (secondary N) is 1. The van der Waals surface area contributed by atoms with Crippen LogP contribution in [0.4, 0.5) is 0 Å². The molecule has 0 saturated carbocycles. The van der Waals surface area contributed by atoms with Gasteiger partial charge in [0.1, 0.15) is 0 Å². The molecule has 22 heavy (non-hydrogen) atoms. The minimum absolute atomic E-state index is 0.306. The number of hydrogen-bond donors (Lipinski definition) is 1. The Bertz CT molecular complexity index is 653. The molecule has 118 valence electrons. The van der Waals surface area contributed by atoms with Crippen LogP contribution in [0.15, 0.2) is 41.3 Å². The summed E-state index contributed by atoms with van der Waals surface area (Å²) in [6.07, 6.45) is 1.71. The summed E-state index contributed by atoms with van der Waals surface area (Å²) in [6.45, 7) is 9.52. The Morgan fingerprint density at radius 2 is 1.59 bits per heavy atom. The molecule has 0 radical (unpaired) electrons.